The Morgan fingerprint density at radius 2 is 2.00 bits per heavy atom. The maximum Gasteiger partial charge on any atom is 0.311 e. The number of anilines is 1. The number of hydrogen-bond donors (Lipinski definition) is 2. The van der Waals surface area contributed by atoms with Crippen molar-refractivity contribution in [2.75, 3.05) is 12.4 Å². The van der Waals surface area contributed by atoms with Crippen molar-refractivity contribution in [2.24, 2.45) is 0 Å². The molecule has 0 spiro atoms. The van der Waals surface area contributed by atoms with Crippen molar-refractivity contribution < 1.29 is 24.0 Å². The van der Waals surface area contributed by atoms with Crippen molar-refractivity contribution in [2.45, 2.75) is 19.4 Å². The minimum absolute atomic E-state index is 0.00175. The number of para-hydroxylation sites is 1. The predicted molar refractivity (Wildman–Crippen MR) is 106 cm³/mol. The SMILES string of the molecule is COc1ccc([N+](=O)[O-])cc1NC(=O)[C@H](C)OC(=O)Cc1c[nH]c2ccccc12. The smallest absolute Gasteiger partial charge is 0.311 e. The number of nitro benzene ring substituents is 1. The van der Waals surface area contributed by atoms with Crippen LogP contribution < -0.4 is 10.1 Å². The molecule has 2 aromatic carbocycles. The van der Waals surface area contributed by atoms with E-state index < -0.39 is 22.9 Å². The maximum atomic E-state index is 12.4. The number of aromatic amines is 1. The lowest BCUT2D eigenvalue weighted by Gasteiger charge is -2.15. The van der Waals surface area contributed by atoms with Gasteiger partial charge in [-0.3, -0.25) is 19.7 Å². The summed E-state index contributed by atoms with van der Waals surface area (Å²) in [4.78, 5) is 38.1. The predicted octanol–water partition coefficient (Wildman–Crippen LogP) is 3.20. The molecule has 9 nitrogen and oxygen atoms in total. The van der Waals surface area contributed by atoms with E-state index in [4.69, 9.17) is 9.47 Å². The Morgan fingerprint density at radius 1 is 1.24 bits per heavy atom. The van der Waals surface area contributed by atoms with E-state index in [1.807, 2.05) is 24.3 Å². The Morgan fingerprint density at radius 3 is 2.72 bits per heavy atom. The minimum atomic E-state index is -1.10. The van der Waals surface area contributed by atoms with E-state index in [1.165, 1.54) is 32.2 Å². The number of nitro groups is 1. The van der Waals surface area contributed by atoms with E-state index in [2.05, 4.69) is 10.3 Å². The van der Waals surface area contributed by atoms with Crippen molar-refractivity contribution in [1.82, 2.24) is 4.98 Å². The second kappa shape index (κ2) is 8.42. The molecule has 1 aromatic heterocycles. The fourth-order valence-corrected chi connectivity index (χ4v) is 2.87. The molecule has 0 radical (unpaired) electrons. The van der Waals surface area contributed by atoms with E-state index in [0.29, 0.717) is 0 Å². The molecule has 1 heterocycles. The van der Waals surface area contributed by atoms with Crippen molar-refractivity contribution in [3.05, 3.63) is 64.3 Å². The highest BCUT2D eigenvalue weighted by Crippen LogP contribution is 2.29. The third-order valence-corrected chi connectivity index (χ3v) is 4.34. The average molecular weight is 397 g/mol. The molecule has 2 N–H and O–H groups in total. The Kier molecular flexibility index (Phi) is 5.77. The first kappa shape index (κ1) is 19.9. The number of amides is 1. The van der Waals surface area contributed by atoms with Crippen LogP contribution in [0.2, 0.25) is 0 Å². The average Bonchev–Trinajstić information content (AvgIpc) is 3.10. The van der Waals surface area contributed by atoms with Gasteiger partial charge in [0.25, 0.3) is 11.6 Å². The molecule has 29 heavy (non-hydrogen) atoms. The third-order valence-electron chi connectivity index (χ3n) is 4.34. The molecule has 3 rings (SSSR count). The molecule has 0 saturated heterocycles. The first-order chi connectivity index (χ1) is 13.9. The van der Waals surface area contributed by atoms with Crippen molar-refractivity contribution in [3.63, 3.8) is 0 Å². The molecule has 0 aliphatic carbocycles. The zero-order valence-electron chi connectivity index (χ0n) is 15.8. The van der Waals surface area contributed by atoms with Crippen LogP contribution in [0.5, 0.6) is 5.75 Å². The molecule has 0 aliphatic heterocycles. The summed E-state index contributed by atoms with van der Waals surface area (Å²) in [5, 5.41) is 14.3. The zero-order valence-corrected chi connectivity index (χ0v) is 15.8. The summed E-state index contributed by atoms with van der Waals surface area (Å²) in [6.45, 7) is 1.42. The number of fused-ring (bicyclic) bond motifs is 1. The first-order valence-corrected chi connectivity index (χ1v) is 8.77. The lowest BCUT2D eigenvalue weighted by molar-refractivity contribution is -0.384. The maximum absolute atomic E-state index is 12.4. The van der Waals surface area contributed by atoms with Gasteiger partial charge in [0, 0.05) is 29.2 Å². The Bertz CT molecular complexity index is 1080. The molecule has 9 heteroatoms. The summed E-state index contributed by atoms with van der Waals surface area (Å²) in [6, 6.07) is 11.4. The second-order valence-corrected chi connectivity index (χ2v) is 6.30. The van der Waals surface area contributed by atoms with Gasteiger partial charge in [0.1, 0.15) is 5.75 Å². The number of aromatic nitrogens is 1. The summed E-state index contributed by atoms with van der Waals surface area (Å²) < 4.78 is 10.3. The van der Waals surface area contributed by atoms with Crippen LogP contribution >= 0.6 is 0 Å². The highest BCUT2D eigenvalue weighted by Gasteiger charge is 2.21. The number of ether oxygens (including phenoxy) is 2. The molecule has 1 atom stereocenters. The second-order valence-electron chi connectivity index (χ2n) is 6.30. The summed E-state index contributed by atoms with van der Waals surface area (Å²) >= 11 is 0. The number of carbonyl (C=O) groups is 2. The topological polar surface area (TPSA) is 124 Å². The normalized spacial score (nSPS) is 11.7. The zero-order chi connectivity index (χ0) is 21.0. The number of H-pyrrole nitrogens is 1. The number of hydrogen-bond acceptors (Lipinski definition) is 6. The van der Waals surface area contributed by atoms with Gasteiger partial charge in [0.05, 0.1) is 24.1 Å². The molecule has 3 aromatic rings. The van der Waals surface area contributed by atoms with Crippen LogP contribution in [0.1, 0.15) is 12.5 Å². The summed E-state index contributed by atoms with van der Waals surface area (Å²) in [7, 11) is 1.38. The van der Waals surface area contributed by atoms with Crippen LogP contribution in [-0.4, -0.2) is 35.0 Å². The number of nitrogens with zero attached hydrogens (tertiary/aromatic N) is 1. The summed E-state index contributed by atoms with van der Waals surface area (Å²) in [5.41, 5.74) is 1.58. The number of non-ortho nitro benzene ring substituents is 1. The molecule has 0 fully saturated rings. The van der Waals surface area contributed by atoms with Crippen LogP contribution in [0, 0.1) is 10.1 Å². The molecular formula is C20H19N3O6. The Balaban J connectivity index is 1.65. The molecule has 0 aliphatic rings. The van der Waals surface area contributed by atoms with E-state index in [9.17, 15) is 19.7 Å². The van der Waals surface area contributed by atoms with Crippen LogP contribution in [-0.2, 0) is 20.7 Å². The summed E-state index contributed by atoms with van der Waals surface area (Å²) in [5.74, 6) is -0.944. The third kappa shape index (κ3) is 4.52. The van der Waals surface area contributed by atoms with Gasteiger partial charge >= 0.3 is 5.97 Å². The summed E-state index contributed by atoms with van der Waals surface area (Å²) in [6.07, 6.45) is 0.628. The van der Waals surface area contributed by atoms with E-state index >= 15 is 0 Å². The van der Waals surface area contributed by atoms with Crippen molar-refractivity contribution >= 4 is 34.2 Å². The molecule has 150 valence electrons. The fourth-order valence-electron chi connectivity index (χ4n) is 2.87. The molecule has 0 unspecified atom stereocenters. The van der Waals surface area contributed by atoms with Crippen LogP contribution in [0.25, 0.3) is 10.9 Å². The molecule has 0 bridgehead atoms. The standard InChI is InChI=1S/C20H19N3O6/c1-12(20(25)22-17-10-14(23(26)27)7-8-18(17)28-2)29-19(24)9-13-11-21-16-6-4-3-5-15(13)16/h3-8,10-12,21H,9H2,1-2H3,(H,22,25)/t12-/m0/s1. The number of methoxy groups -OCH3 is 1. The Hall–Kier alpha value is -3.88. The van der Waals surface area contributed by atoms with Crippen molar-refractivity contribution in [1.29, 1.82) is 0 Å². The number of esters is 1. The van der Waals surface area contributed by atoms with Gasteiger partial charge in [-0.2, -0.15) is 0 Å². The molecule has 1 amide bonds. The lowest BCUT2D eigenvalue weighted by Crippen LogP contribution is -2.30. The fraction of sp³-hybridized carbons (Fsp3) is 0.200. The van der Waals surface area contributed by atoms with Crippen molar-refractivity contribution in [3.8, 4) is 5.75 Å². The largest absolute Gasteiger partial charge is 0.495 e. The molecular weight excluding hydrogens is 378 g/mol. The quantitative estimate of drug-likeness (QED) is 0.358. The van der Waals surface area contributed by atoms with E-state index in [-0.39, 0.29) is 23.5 Å². The van der Waals surface area contributed by atoms with Gasteiger partial charge in [-0.15, -0.1) is 0 Å². The van der Waals surface area contributed by atoms with Gasteiger partial charge < -0.3 is 19.8 Å². The molecule has 0 saturated carbocycles. The monoisotopic (exact) mass is 397 g/mol. The van der Waals surface area contributed by atoms with Gasteiger partial charge in [0.15, 0.2) is 6.10 Å². The number of benzene rings is 2. The number of nitrogens with one attached hydrogen (secondary N) is 2. The lowest BCUT2D eigenvalue weighted by atomic mass is 10.1. The number of carbonyl (C=O) groups excluding carboxylic acids is 2. The number of rotatable bonds is 7. The van der Waals surface area contributed by atoms with Gasteiger partial charge in [0.2, 0.25) is 0 Å². The van der Waals surface area contributed by atoms with E-state index in [0.717, 1.165) is 16.5 Å². The van der Waals surface area contributed by atoms with Gasteiger partial charge in [-0.1, -0.05) is 18.2 Å². The van der Waals surface area contributed by atoms with Gasteiger partial charge in [-0.25, -0.2) is 0 Å². The van der Waals surface area contributed by atoms with Crippen LogP contribution in [0.15, 0.2) is 48.7 Å². The minimum Gasteiger partial charge on any atom is -0.495 e. The Labute approximate surface area is 165 Å². The highest BCUT2D eigenvalue weighted by molar-refractivity contribution is 5.97. The van der Waals surface area contributed by atoms with Crippen LogP contribution in [0.3, 0.4) is 0 Å². The van der Waals surface area contributed by atoms with Gasteiger partial charge in [-0.05, 0) is 24.6 Å². The highest BCUT2D eigenvalue weighted by atomic mass is 16.6. The van der Waals surface area contributed by atoms with Crippen LogP contribution in [0.4, 0.5) is 11.4 Å². The first-order valence-electron chi connectivity index (χ1n) is 8.77. The van der Waals surface area contributed by atoms with E-state index in [1.54, 1.807) is 6.20 Å².